The Kier molecular flexibility index (Phi) is 7.21. The molecule has 1 aliphatic carbocycles. The molecule has 0 spiro atoms. The van der Waals surface area contributed by atoms with Gasteiger partial charge in [0.2, 0.25) is 0 Å². The van der Waals surface area contributed by atoms with Crippen molar-refractivity contribution in [1.29, 1.82) is 0 Å². The van der Waals surface area contributed by atoms with Gasteiger partial charge in [-0.1, -0.05) is 30.4 Å². The summed E-state index contributed by atoms with van der Waals surface area (Å²) in [6, 6.07) is 14.6. The molecule has 0 fully saturated rings. The Labute approximate surface area is 262 Å². The second-order valence-electron chi connectivity index (χ2n) is 12.8. The van der Waals surface area contributed by atoms with Gasteiger partial charge >= 0.3 is 5.97 Å². The Balaban J connectivity index is 1.44. The van der Waals surface area contributed by atoms with Gasteiger partial charge in [0.15, 0.2) is 6.10 Å². The number of hydrogen-bond donors (Lipinski definition) is 1. The Morgan fingerprint density at radius 3 is 2.42 bits per heavy atom. The molecular weight excluding hydrogens is 562 g/mol. The Hall–Kier alpha value is -4.88. The summed E-state index contributed by atoms with van der Waals surface area (Å²) in [7, 11) is 0. The lowest BCUT2D eigenvalue weighted by Crippen LogP contribution is -2.28. The molecule has 7 rings (SSSR count). The molecule has 0 saturated carbocycles. The van der Waals surface area contributed by atoms with Gasteiger partial charge < -0.3 is 14.6 Å². The van der Waals surface area contributed by atoms with Gasteiger partial charge in [0.1, 0.15) is 12.1 Å². The van der Waals surface area contributed by atoms with E-state index >= 15 is 0 Å². The number of carboxylic acid groups (broad SMARTS) is 1. The molecule has 2 aromatic heterocycles. The number of ether oxygens (including phenoxy) is 2. The van der Waals surface area contributed by atoms with E-state index in [0.717, 1.165) is 74.5 Å². The number of nitrogens with zero attached hydrogens (tertiary/aromatic N) is 3. The average Bonchev–Trinajstić information content (AvgIpc) is 3.03. The van der Waals surface area contributed by atoms with Crippen LogP contribution in [-0.2, 0) is 16.0 Å². The van der Waals surface area contributed by atoms with Gasteiger partial charge in [-0.15, -0.1) is 0 Å². The highest BCUT2D eigenvalue weighted by atomic mass is 16.5. The van der Waals surface area contributed by atoms with Crippen LogP contribution < -0.4 is 4.74 Å². The van der Waals surface area contributed by atoms with Gasteiger partial charge in [-0.2, -0.15) is 0 Å². The zero-order valence-corrected chi connectivity index (χ0v) is 25.9. The van der Waals surface area contributed by atoms with E-state index < -0.39 is 17.7 Å². The lowest BCUT2D eigenvalue weighted by Gasteiger charge is -2.29. The lowest BCUT2D eigenvalue weighted by atomic mass is 9.84. The number of aryl methyl sites for hydroxylation is 1. The Morgan fingerprint density at radius 1 is 0.956 bits per heavy atom. The molecule has 0 saturated heterocycles. The van der Waals surface area contributed by atoms with Crippen molar-refractivity contribution in [2.24, 2.45) is 0 Å². The third-order valence-corrected chi connectivity index (χ3v) is 8.63. The summed E-state index contributed by atoms with van der Waals surface area (Å²) < 4.78 is 12.3. The largest absolute Gasteiger partial charge is 0.493 e. The predicted octanol–water partition coefficient (Wildman–Crippen LogP) is 8.29. The van der Waals surface area contributed by atoms with E-state index in [1.165, 1.54) is 16.7 Å². The summed E-state index contributed by atoms with van der Waals surface area (Å²) in [4.78, 5) is 26.1. The van der Waals surface area contributed by atoms with E-state index in [1.807, 2.05) is 64.5 Å². The minimum absolute atomic E-state index is 0.624. The molecule has 3 aromatic carbocycles. The molecule has 226 valence electrons. The van der Waals surface area contributed by atoms with Crippen LogP contribution in [0.3, 0.4) is 0 Å². The minimum Gasteiger partial charge on any atom is -0.493 e. The molecule has 7 nitrogen and oxygen atoms in total. The summed E-state index contributed by atoms with van der Waals surface area (Å²) in [6.45, 7) is 8.25. The highest BCUT2D eigenvalue weighted by molar-refractivity contribution is 6.09. The number of rotatable bonds is 6. The first-order chi connectivity index (χ1) is 21.7. The molecule has 0 radical (unpaired) electrons. The second kappa shape index (κ2) is 11.2. The van der Waals surface area contributed by atoms with E-state index in [1.54, 1.807) is 6.33 Å². The van der Waals surface area contributed by atoms with Gasteiger partial charge in [-0.25, -0.2) is 14.8 Å². The summed E-state index contributed by atoms with van der Waals surface area (Å²) in [5, 5.41) is 13.5. The van der Waals surface area contributed by atoms with Crippen LogP contribution in [0.2, 0.25) is 0 Å². The molecule has 0 amide bonds. The summed E-state index contributed by atoms with van der Waals surface area (Å²) in [5.74, 6) is -0.216. The lowest BCUT2D eigenvalue weighted by molar-refractivity contribution is -0.160. The predicted molar refractivity (Wildman–Crippen MR) is 177 cm³/mol. The zero-order chi connectivity index (χ0) is 31.3. The number of carbonyl (C=O) groups is 1. The summed E-state index contributed by atoms with van der Waals surface area (Å²) >= 11 is 0. The molecule has 45 heavy (non-hydrogen) atoms. The number of pyridine rings is 1. The third kappa shape index (κ3) is 5.38. The second-order valence-corrected chi connectivity index (χ2v) is 12.8. The smallest absolute Gasteiger partial charge is 0.337 e. The van der Waals surface area contributed by atoms with Crippen molar-refractivity contribution in [2.75, 3.05) is 6.61 Å². The molecule has 2 aliphatic rings. The van der Waals surface area contributed by atoms with Gasteiger partial charge in [-0.05, 0) is 109 Å². The molecule has 3 heterocycles. The Morgan fingerprint density at radius 2 is 1.71 bits per heavy atom. The number of carboxylic acids is 1. The first kappa shape index (κ1) is 28.9. The van der Waals surface area contributed by atoms with E-state index in [-0.39, 0.29) is 0 Å². The topological polar surface area (TPSA) is 94.4 Å². The minimum atomic E-state index is -1.17. The maximum atomic E-state index is 12.9. The fourth-order valence-electron chi connectivity index (χ4n) is 6.66. The van der Waals surface area contributed by atoms with Crippen molar-refractivity contribution in [3.63, 3.8) is 0 Å². The average molecular weight is 598 g/mol. The quantitative estimate of drug-likeness (QED) is 0.210. The maximum absolute atomic E-state index is 12.9. The first-order valence-corrected chi connectivity index (χ1v) is 15.3. The number of aliphatic carboxylic acids is 1. The standard InChI is InChI=1S/C38H35N3O4/c1-22-17-27-18-26(23-5-7-24(8-6-23)28-19-39-21-40-20-28)9-10-29(27)34(32(22)36(37(42)43)45-38(2,3)4)30-11-12-31-33-25(14-16-44-31)13-15-41-35(30)33/h5,7,9-13,15,17-21,36H,6,8,14,16H2,1-4H3,(H,42,43)/t36-/m0/s1. The van der Waals surface area contributed by atoms with Crippen molar-refractivity contribution in [3.05, 3.63) is 107 Å². The van der Waals surface area contributed by atoms with Crippen LogP contribution in [0.25, 0.3) is 43.9 Å². The van der Waals surface area contributed by atoms with Crippen LogP contribution in [-0.4, -0.2) is 38.2 Å². The number of hydrogen-bond acceptors (Lipinski definition) is 6. The Bertz CT molecular complexity index is 2030. The van der Waals surface area contributed by atoms with E-state index in [9.17, 15) is 9.90 Å². The fraction of sp³-hybridized carbons (Fsp3) is 0.263. The van der Waals surface area contributed by atoms with E-state index in [2.05, 4.69) is 46.4 Å². The fourth-order valence-corrected chi connectivity index (χ4v) is 6.66. The summed E-state index contributed by atoms with van der Waals surface area (Å²) in [6.07, 6.45) is 12.9. The van der Waals surface area contributed by atoms with Crippen LogP contribution in [0.4, 0.5) is 0 Å². The molecular formula is C38H35N3O4. The highest BCUT2D eigenvalue weighted by Crippen LogP contribution is 2.46. The number of allylic oxidation sites excluding steroid dienone is 4. The van der Waals surface area contributed by atoms with Gasteiger partial charge in [-0.3, -0.25) is 4.98 Å². The number of aromatic nitrogens is 3. The molecule has 7 heteroatoms. The maximum Gasteiger partial charge on any atom is 0.337 e. The van der Waals surface area contributed by atoms with Crippen molar-refractivity contribution in [2.45, 2.75) is 58.7 Å². The third-order valence-electron chi connectivity index (χ3n) is 8.63. The molecule has 0 bridgehead atoms. The molecule has 1 aliphatic heterocycles. The van der Waals surface area contributed by atoms with E-state index in [4.69, 9.17) is 14.5 Å². The monoisotopic (exact) mass is 597 g/mol. The number of benzene rings is 3. The molecule has 1 atom stereocenters. The van der Waals surface area contributed by atoms with Crippen LogP contribution in [0.1, 0.15) is 67.5 Å². The van der Waals surface area contributed by atoms with Crippen molar-refractivity contribution < 1.29 is 19.4 Å². The van der Waals surface area contributed by atoms with Gasteiger partial charge in [0.25, 0.3) is 0 Å². The van der Waals surface area contributed by atoms with Gasteiger partial charge in [0, 0.05) is 47.1 Å². The van der Waals surface area contributed by atoms with Crippen molar-refractivity contribution in [3.8, 4) is 16.9 Å². The van der Waals surface area contributed by atoms with Crippen molar-refractivity contribution >= 4 is 38.8 Å². The van der Waals surface area contributed by atoms with Crippen LogP contribution in [0.15, 0.2) is 79.5 Å². The highest BCUT2D eigenvalue weighted by Gasteiger charge is 2.32. The molecule has 5 aromatic rings. The van der Waals surface area contributed by atoms with Crippen LogP contribution in [0, 0.1) is 6.92 Å². The van der Waals surface area contributed by atoms with Gasteiger partial charge in [0.05, 0.1) is 17.7 Å². The van der Waals surface area contributed by atoms with Crippen LogP contribution in [0.5, 0.6) is 5.75 Å². The van der Waals surface area contributed by atoms with Crippen molar-refractivity contribution in [1.82, 2.24) is 15.0 Å². The molecule has 1 N–H and O–H groups in total. The zero-order valence-electron chi connectivity index (χ0n) is 25.9. The number of fused-ring (bicyclic) bond motifs is 1. The summed E-state index contributed by atoms with van der Waals surface area (Å²) in [5.41, 5.74) is 9.18. The van der Waals surface area contributed by atoms with Crippen LogP contribution >= 0.6 is 0 Å². The normalized spacial score (nSPS) is 15.4. The SMILES string of the molecule is Cc1cc2cc(C3=CC=C(c4cncnc4)CC3)ccc2c(-c2ccc3c4c(ccnc24)CCO3)c1[C@H](OC(C)(C)C)C(=O)O. The van der Waals surface area contributed by atoms with E-state index in [0.29, 0.717) is 12.2 Å². The molecule has 0 unspecified atom stereocenters. The first-order valence-electron chi connectivity index (χ1n) is 15.3.